The Labute approximate surface area is 210 Å². The molecule has 8 nitrogen and oxygen atoms in total. The molecule has 1 aromatic heterocycles. The molecule has 4 N–H and O–H groups in total. The van der Waals surface area contributed by atoms with Crippen molar-refractivity contribution in [1.29, 1.82) is 0 Å². The first-order valence-electron chi connectivity index (χ1n) is 11.8. The molecule has 1 unspecified atom stereocenters. The van der Waals surface area contributed by atoms with Gasteiger partial charge in [-0.3, -0.25) is 14.4 Å². The molecule has 1 aliphatic heterocycles. The summed E-state index contributed by atoms with van der Waals surface area (Å²) in [6.45, 7) is 5.52. The fourth-order valence-electron chi connectivity index (χ4n) is 4.35. The summed E-state index contributed by atoms with van der Waals surface area (Å²) in [5.74, 6) is -1.01. The number of rotatable bonds is 7. The van der Waals surface area contributed by atoms with Gasteiger partial charge in [-0.2, -0.15) is 0 Å². The maximum absolute atomic E-state index is 13.1. The summed E-state index contributed by atoms with van der Waals surface area (Å²) in [7, 11) is 0. The number of ether oxygens (including phenoxy) is 1. The molecule has 0 fully saturated rings. The molecule has 0 saturated heterocycles. The summed E-state index contributed by atoms with van der Waals surface area (Å²) in [6.07, 6.45) is 0.0692. The van der Waals surface area contributed by atoms with E-state index in [0.29, 0.717) is 17.1 Å². The zero-order chi connectivity index (χ0) is 26.0. The van der Waals surface area contributed by atoms with Gasteiger partial charge in [0.05, 0.1) is 5.69 Å². The number of amides is 2. The van der Waals surface area contributed by atoms with E-state index in [2.05, 4.69) is 4.98 Å². The Morgan fingerprint density at radius 3 is 2.42 bits per heavy atom. The van der Waals surface area contributed by atoms with Crippen LogP contribution in [0.15, 0.2) is 60.7 Å². The van der Waals surface area contributed by atoms with Crippen molar-refractivity contribution in [2.45, 2.75) is 51.8 Å². The highest BCUT2D eigenvalue weighted by Crippen LogP contribution is 2.32. The summed E-state index contributed by atoms with van der Waals surface area (Å²) < 4.78 is 5.32. The zero-order valence-electron chi connectivity index (χ0n) is 20.7. The third kappa shape index (κ3) is 5.54. The van der Waals surface area contributed by atoms with Crippen LogP contribution in [-0.4, -0.2) is 39.3 Å². The van der Waals surface area contributed by atoms with E-state index < -0.39 is 23.5 Å². The Morgan fingerprint density at radius 1 is 1.03 bits per heavy atom. The van der Waals surface area contributed by atoms with Gasteiger partial charge in [0, 0.05) is 24.1 Å². The predicted octanol–water partition coefficient (Wildman–Crippen LogP) is 3.93. The van der Waals surface area contributed by atoms with Crippen LogP contribution in [0, 0.1) is 0 Å². The second-order valence-corrected chi connectivity index (χ2v) is 9.88. The lowest BCUT2D eigenvalue weighted by Gasteiger charge is -2.25. The van der Waals surface area contributed by atoms with Gasteiger partial charge in [-0.05, 0) is 68.1 Å². The Bertz CT molecular complexity index is 1310. The largest absolute Gasteiger partial charge is 0.460 e. The summed E-state index contributed by atoms with van der Waals surface area (Å²) in [5, 5.41) is 0. The first-order valence-corrected chi connectivity index (χ1v) is 11.8. The van der Waals surface area contributed by atoms with Crippen LogP contribution >= 0.6 is 0 Å². The van der Waals surface area contributed by atoms with Gasteiger partial charge in [0.2, 0.25) is 5.91 Å². The highest BCUT2D eigenvalue weighted by Gasteiger charge is 2.36. The lowest BCUT2D eigenvalue weighted by Crippen LogP contribution is -2.45. The van der Waals surface area contributed by atoms with Gasteiger partial charge in [-0.15, -0.1) is 0 Å². The number of esters is 1. The van der Waals surface area contributed by atoms with E-state index in [0.717, 1.165) is 22.3 Å². The maximum Gasteiger partial charge on any atom is 0.306 e. The smallest absolute Gasteiger partial charge is 0.306 e. The van der Waals surface area contributed by atoms with Crippen molar-refractivity contribution in [1.82, 2.24) is 9.88 Å². The minimum Gasteiger partial charge on any atom is -0.460 e. The van der Waals surface area contributed by atoms with E-state index in [4.69, 9.17) is 16.2 Å². The SMILES string of the molecule is CC(C)(C)OC(=O)CCC(C(N)=O)N1Cc2cc(-c3cc(-c4ccccc4)cc(N)n3)ccc2C1=O. The van der Waals surface area contributed by atoms with Crippen molar-refractivity contribution in [3.8, 4) is 22.4 Å². The number of nitrogen functional groups attached to an aromatic ring is 1. The van der Waals surface area contributed by atoms with Crippen LogP contribution in [-0.2, 0) is 20.9 Å². The molecule has 4 rings (SSSR count). The minimum atomic E-state index is -0.920. The summed E-state index contributed by atoms with van der Waals surface area (Å²) in [6, 6.07) is 18.1. The van der Waals surface area contributed by atoms with E-state index in [1.165, 1.54) is 4.90 Å². The number of nitrogens with two attached hydrogens (primary N) is 2. The van der Waals surface area contributed by atoms with Crippen LogP contribution < -0.4 is 11.5 Å². The van der Waals surface area contributed by atoms with Crippen LogP contribution in [0.3, 0.4) is 0 Å². The molecule has 3 aromatic rings. The van der Waals surface area contributed by atoms with Gasteiger partial charge in [0.1, 0.15) is 17.5 Å². The summed E-state index contributed by atoms with van der Waals surface area (Å²) in [5.41, 5.74) is 15.8. The second kappa shape index (κ2) is 9.81. The molecule has 36 heavy (non-hydrogen) atoms. The number of benzene rings is 2. The van der Waals surface area contributed by atoms with Gasteiger partial charge < -0.3 is 21.1 Å². The molecule has 0 aliphatic carbocycles. The molecule has 1 aliphatic rings. The van der Waals surface area contributed by atoms with E-state index >= 15 is 0 Å². The number of nitrogens with zero attached hydrogens (tertiary/aromatic N) is 2. The maximum atomic E-state index is 13.1. The molecule has 2 heterocycles. The van der Waals surface area contributed by atoms with Crippen molar-refractivity contribution in [2.75, 3.05) is 5.73 Å². The number of primary amides is 1. The first-order chi connectivity index (χ1) is 17.0. The van der Waals surface area contributed by atoms with Crippen LogP contribution in [0.4, 0.5) is 5.82 Å². The lowest BCUT2D eigenvalue weighted by atomic mass is 10.0. The van der Waals surface area contributed by atoms with E-state index in [1.54, 1.807) is 26.8 Å². The standard InChI is InChI=1S/C28H30N4O4/c1-28(2,3)36-25(33)12-11-23(26(30)34)32-16-20-13-18(9-10-21(20)27(32)35)22-14-19(15-24(29)31-22)17-7-5-4-6-8-17/h4-10,13-15,23H,11-12,16H2,1-3H3,(H2,29,31)(H2,30,34). The van der Waals surface area contributed by atoms with Gasteiger partial charge in [0.15, 0.2) is 0 Å². The molecule has 2 amide bonds. The third-order valence-electron chi connectivity index (χ3n) is 5.93. The van der Waals surface area contributed by atoms with Gasteiger partial charge in [-0.25, -0.2) is 4.98 Å². The molecule has 0 radical (unpaired) electrons. The van der Waals surface area contributed by atoms with E-state index in [9.17, 15) is 14.4 Å². The Hall–Kier alpha value is -4.20. The number of fused-ring (bicyclic) bond motifs is 1. The van der Waals surface area contributed by atoms with Gasteiger partial charge >= 0.3 is 5.97 Å². The van der Waals surface area contributed by atoms with Gasteiger partial charge in [0.25, 0.3) is 5.91 Å². The van der Waals surface area contributed by atoms with Crippen LogP contribution in [0.1, 0.15) is 49.5 Å². The number of hydrogen-bond donors (Lipinski definition) is 2. The van der Waals surface area contributed by atoms with Crippen LogP contribution in [0.2, 0.25) is 0 Å². The number of aromatic nitrogens is 1. The summed E-state index contributed by atoms with van der Waals surface area (Å²) >= 11 is 0. The van der Waals surface area contributed by atoms with Gasteiger partial charge in [-0.1, -0.05) is 36.4 Å². The fourth-order valence-corrected chi connectivity index (χ4v) is 4.35. The minimum absolute atomic E-state index is 0.0221. The lowest BCUT2D eigenvalue weighted by molar-refractivity contribution is -0.155. The van der Waals surface area contributed by atoms with E-state index in [-0.39, 0.29) is 25.3 Å². The topological polar surface area (TPSA) is 129 Å². The fraction of sp³-hybridized carbons (Fsp3) is 0.286. The number of carbonyl (C=O) groups excluding carboxylic acids is 3. The average Bonchev–Trinajstić information content (AvgIpc) is 3.13. The number of anilines is 1. The van der Waals surface area contributed by atoms with Crippen molar-refractivity contribution in [3.63, 3.8) is 0 Å². The normalized spacial score (nSPS) is 13.9. The third-order valence-corrected chi connectivity index (χ3v) is 5.93. The zero-order valence-corrected chi connectivity index (χ0v) is 20.7. The van der Waals surface area contributed by atoms with Crippen molar-refractivity contribution < 1.29 is 19.1 Å². The molecule has 8 heteroatoms. The molecule has 0 bridgehead atoms. The van der Waals surface area contributed by atoms with E-state index in [1.807, 2.05) is 54.6 Å². The predicted molar refractivity (Wildman–Crippen MR) is 137 cm³/mol. The molecular formula is C28H30N4O4. The van der Waals surface area contributed by atoms with Crippen molar-refractivity contribution in [2.24, 2.45) is 5.73 Å². The average molecular weight is 487 g/mol. The second-order valence-electron chi connectivity index (χ2n) is 9.88. The molecule has 0 saturated carbocycles. The Morgan fingerprint density at radius 2 is 1.75 bits per heavy atom. The quantitative estimate of drug-likeness (QED) is 0.487. The highest BCUT2D eigenvalue weighted by molar-refractivity contribution is 6.01. The molecule has 0 spiro atoms. The summed E-state index contributed by atoms with van der Waals surface area (Å²) in [4.78, 5) is 43.4. The monoisotopic (exact) mass is 486 g/mol. The Balaban J connectivity index is 1.56. The highest BCUT2D eigenvalue weighted by atomic mass is 16.6. The van der Waals surface area contributed by atoms with Crippen LogP contribution in [0.5, 0.6) is 0 Å². The first kappa shape index (κ1) is 24.9. The number of pyridine rings is 1. The molecule has 186 valence electrons. The Kier molecular flexibility index (Phi) is 6.79. The molecular weight excluding hydrogens is 456 g/mol. The van der Waals surface area contributed by atoms with Crippen molar-refractivity contribution in [3.05, 3.63) is 71.8 Å². The molecule has 1 atom stereocenters. The number of hydrogen-bond acceptors (Lipinski definition) is 6. The van der Waals surface area contributed by atoms with Crippen molar-refractivity contribution >= 4 is 23.6 Å². The number of carbonyl (C=O) groups is 3. The van der Waals surface area contributed by atoms with Crippen LogP contribution in [0.25, 0.3) is 22.4 Å². The molecule has 2 aromatic carbocycles.